The predicted molar refractivity (Wildman–Crippen MR) is 82.1 cm³/mol. The van der Waals surface area contributed by atoms with Crippen molar-refractivity contribution < 1.29 is 4.79 Å². The van der Waals surface area contributed by atoms with E-state index in [4.69, 9.17) is 0 Å². The van der Waals surface area contributed by atoms with E-state index in [1.54, 1.807) is 12.3 Å². The van der Waals surface area contributed by atoms with Gasteiger partial charge in [0.15, 0.2) is 0 Å². The minimum absolute atomic E-state index is 0.312. The summed E-state index contributed by atoms with van der Waals surface area (Å²) in [4.78, 5) is 15.9. The van der Waals surface area contributed by atoms with Gasteiger partial charge in [-0.1, -0.05) is 18.2 Å². The first kappa shape index (κ1) is 13.9. The molecule has 0 saturated carbocycles. The van der Waals surface area contributed by atoms with Crippen molar-refractivity contribution >= 4 is 23.2 Å². The lowest BCUT2D eigenvalue weighted by Crippen LogP contribution is -2.20. The molecule has 0 unspecified atom stereocenters. The molecule has 0 spiro atoms. The Morgan fingerprint density at radius 3 is 2.35 bits per heavy atom. The number of rotatable bonds is 4. The third-order valence-electron chi connectivity index (χ3n) is 2.49. The molecule has 1 heterocycles. The van der Waals surface area contributed by atoms with Crippen molar-refractivity contribution in [2.45, 2.75) is 19.9 Å². The van der Waals surface area contributed by atoms with Crippen molar-refractivity contribution in [1.82, 2.24) is 4.98 Å². The Labute approximate surface area is 118 Å². The fourth-order valence-corrected chi connectivity index (χ4v) is 1.69. The van der Waals surface area contributed by atoms with Crippen molar-refractivity contribution in [3.63, 3.8) is 0 Å². The molecular formula is C15H18N4O. The predicted octanol–water partition coefficient (Wildman–Crippen LogP) is 3.55. The summed E-state index contributed by atoms with van der Waals surface area (Å²) in [5.74, 6) is 0.507. The summed E-state index contributed by atoms with van der Waals surface area (Å²) in [5, 5.41) is 8.65. The zero-order chi connectivity index (χ0) is 14.4. The first-order chi connectivity index (χ1) is 9.63. The molecule has 0 saturated heterocycles. The fourth-order valence-electron chi connectivity index (χ4n) is 1.69. The van der Waals surface area contributed by atoms with Crippen LogP contribution < -0.4 is 16.0 Å². The fraction of sp³-hybridized carbons (Fsp3) is 0.200. The van der Waals surface area contributed by atoms with E-state index in [-0.39, 0.29) is 6.03 Å². The van der Waals surface area contributed by atoms with E-state index in [0.717, 1.165) is 11.4 Å². The van der Waals surface area contributed by atoms with Gasteiger partial charge >= 0.3 is 6.03 Å². The smallest absolute Gasteiger partial charge is 0.324 e. The van der Waals surface area contributed by atoms with Crippen LogP contribution in [0.15, 0.2) is 48.7 Å². The molecule has 5 heteroatoms. The molecule has 0 fully saturated rings. The maximum absolute atomic E-state index is 11.8. The summed E-state index contributed by atoms with van der Waals surface area (Å²) >= 11 is 0. The van der Waals surface area contributed by atoms with Crippen molar-refractivity contribution in [2.75, 3.05) is 16.0 Å². The average Bonchev–Trinajstić information content (AvgIpc) is 2.41. The number of amides is 2. The van der Waals surface area contributed by atoms with Gasteiger partial charge in [-0.2, -0.15) is 0 Å². The zero-order valence-corrected chi connectivity index (χ0v) is 11.6. The number of nitrogens with one attached hydrogen (secondary N) is 3. The van der Waals surface area contributed by atoms with Crippen LogP contribution in [0.3, 0.4) is 0 Å². The van der Waals surface area contributed by atoms with Gasteiger partial charge in [-0.25, -0.2) is 9.78 Å². The monoisotopic (exact) mass is 270 g/mol. The normalized spacial score (nSPS) is 10.2. The highest BCUT2D eigenvalue weighted by Gasteiger charge is 2.03. The van der Waals surface area contributed by atoms with Crippen LogP contribution in [0.5, 0.6) is 0 Å². The van der Waals surface area contributed by atoms with Crippen LogP contribution in [0, 0.1) is 0 Å². The van der Waals surface area contributed by atoms with E-state index in [1.165, 1.54) is 0 Å². The quantitative estimate of drug-likeness (QED) is 0.796. The molecular weight excluding hydrogens is 252 g/mol. The second-order valence-corrected chi connectivity index (χ2v) is 4.68. The lowest BCUT2D eigenvalue weighted by atomic mass is 10.3. The number of benzene rings is 1. The molecule has 5 nitrogen and oxygen atoms in total. The number of carbonyl (C=O) groups excluding carboxylic acids is 1. The van der Waals surface area contributed by atoms with Gasteiger partial charge in [-0.15, -0.1) is 0 Å². The zero-order valence-electron chi connectivity index (χ0n) is 11.6. The number of carbonyl (C=O) groups is 1. The Kier molecular flexibility index (Phi) is 4.55. The van der Waals surface area contributed by atoms with Crippen LogP contribution in [-0.2, 0) is 0 Å². The maximum Gasteiger partial charge on any atom is 0.324 e. The molecule has 0 atom stereocenters. The average molecular weight is 270 g/mol. The maximum atomic E-state index is 11.8. The summed E-state index contributed by atoms with van der Waals surface area (Å²) in [6.07, 6.45) is 1.69. The first-order valence-electron chi connectivity index (χ1n) is 6.49. The van der Waals surface area contributed by atoms with Crippen LogP contribution in [0.2, 0.25) is 0 Å². The van der Waals surface area contributed by atoms with Gasteiger partial charge in [0, 0.05) is 11.7 Å². The number of pyridine rings is 1. The molecule has 2 aromatic rings. The first-order valence-corrected chi connectivity index (χ1v) is 6.49. The summed E-state index contributed by atoms with van der Waals surface area (Å²) in [6, 6.07) is 12.9. The second-order valence-electron chi connectivity index (χ2n) is 4.68. The van der Waals surface area contributed by atoms with Gasteiger partial charge in [-0.05, 0) is 38.1 Å². The Morgan fingerprint density at radius 1 is 1.00 bits per heavy atom. The summed E-state index contributed by atoms with van der Waals surface area (Å²) in [5.41, 5.74) is 1.66. The molecule has 2 amide bonds. The summed E-state index contributed by atoms with van der Waals surface area (Å²) in [7, 11) is 0. The Morgan fingerprint density at radius 2 is 1.75 bits per heavy atom. The van der Waals surface area contributed by atoms with Crippen molar-refractivity contribution in [1.29, 1.82) is 0 Å². The van der Waals surface area contributed by atoms with E-state index in [0.29, 0.717) is 11.9 Å². The van der Waals surface area contributed by atoms with E-state index in [1.807, 2.05) is 36.4 Å². The minimum atomic E-state index is -0.312. The number of hydrogen-bond donors (Lipinski definition) is 3. The Bertz CT molecular complexity index is 552. The molecule has 0 aliphatic rings. The Hall–Kier alpha value is -2.56. The topological polar surface area (TPSA) is 66.0 Å². The third kappa shape index (κ3) is 4.28. The Balaban J connectivity index is 1.91. The molecule has 2 rings (SSSR count). The standard InChI is InChI=1S/C15H18N4O/c1-11(2)17-13-8-9-14(16-10-13)19-15(20)18-12-6-4-3-5-7-12/h3-11,17H,1-2H3,(H2,16,18,19,20). The second kappa shape index (κ2) is 6.56. The largest absolute Gasteiger partial charge is 0.382 e. The van der Waals surface area contributed by atoms with Gasteiger partial charge < -0.3 is 10.6 Å². The van der Waals surface area contributed by atoms with E-state index < -0.39 is 0 Å². The van der Waals surface area contributed by atoms with E-state index in [9.17, 15) is 4.79 Å². The molecule has 0 aliphatic heterocycles. The number of hydrogen-bond acceptors (Lipinski definition) is 3. The van der Waals surface area contributed by atoms with E-state index >= 15 is 0 Å². The number of urea groups is 1. The van der Waals surface area contributed by atoms with Gasteiger partial charge in [-0.3, -0.25) is 5.32 Å². The van der Waals surface area contributed by atoms with E-state index in [2.05, 4.69) is 34.8 Å². The van der Waals surface area contributed by atoms with Gasteiger partial charge in [0.05, 0.1) is 11.9 Å². The molecule has 1 aromatic heterocycles. The van der Waals surface area contributed by atoms with Gasteiger partial charge in [0.2, 0.25) is 0 Å². The molecule has 20 heavy (non-hydrogen) atoms. The number of anilines is 3. The molecule has 0 radical (unpaired) electrons. The lowest BCUT2D eigenvalue weighted by molar-refractivity contribution is 0.262. The summed E-state index contributed by atoms with van der Waals surface area (Å²) in [6.45, 7) is 4.11. The number of nitrogens with zero attached hydrogens (tertiary/aromatic N) is 1. The molecule has 1 aromatic carbocycles. The highest BCUT2D eigenvalue weighted by Crippen LogP contribution is 2.11. The van der Waals surface area contributed by atoms with Crippen molar-refractivity contribution in [3.05, 3.63) is 48.7 Å². The van der Waals surface area contributed by atoms with Gasteiger partial charge in [0.25, 0.3) is 0 Å². The number of aromatic nitrogens is 1. The molecule has 0 aliphatic carbocycles. The highest BCUT2D eigenvalue weighted by molar-refractivity contribution is 5.99. The van der Waals surface area contributed by atoms with Crippen LogP contribution in [0.1, 0.15) is 13.8 Å². The molecule has 0 bridgehead atoms. The molecule has 3 N–H and O–H groups in total. The van der Waals surface area contributed by atoms with Crippen molar-refractivity contribution in [2.24, 2.45) is 0 Å². The highest BCUT2D eigenvalue weighted by atomic mass is 16.2. The third-order valence-corrected chi connectivity index (χ3v) is 2.49. The summed E-state index contributed by atoms with van der Waals surface area (Å²) < 4.78 is 0. The number of para-hydroxylation sites is 1. The van der Waals surface area contributed by atoms with Crippen molar-refractivity contribution in [3.8, 4) is 0 Å². The SMILES string of the molecule is CC(C)Nc1ccc(NC(=O)Nc2ccccc2)nc1. The van der Waals surface area contributed by atoms with Crippen LogP contribution >= 0.6 is 0 Å². The van der Waals surface area contributed by atoms with Crippen LogP contribution in [-0.4, -0.2) is 17.1 Å². The lowest BCUT2D eigenvalue weighted by Gasteiger charge is -2.10. The minimum Gasteiger partial charge on any atom is -0.382 e. The van der Waals surface area contributed by atoms with Crippen LogP contribution in [0.25, 0.3) is 0 Å². The molecule has 104 valence electrons. The van der Waals surface area contributed by atoms with Crippen LogP contribution in [0.4, 0.5) is 22.0 Å². The van der Waals surface area contributed by atoms with Gasteiger partial charge in [0.1, 0.15) is 5.82 Å².